The summed E-state index contributed by atoms with van der Waals surface area (Å²) in [6, 6.07) is 8.98. The molecule has 1 aliphatic heterocycles. The van der Waals surface area contributed by atoms with E-state index in [4.69, 9.17) is 4.74 Å². The minimum absolute atomic E-state index is 0.431. The Balaban J connectivity index is 2.10. The molecule has 0 amide bonds. The van der Waals surface area contributed by atoms with Crippen molar-refractivity contribution in [2.75, 3.05) is 24.7 Å². The van der Waals surface area contributed by atoms with Crippen molar-refractivity contribution in [1.29, 1.82) is 0 Å². The largest absolute Gasteiger partial charge is 0.494 e. The number of rotatable bonds is 8. The quantitative estimate of drug-likeness (QED) is 0.755. The van der Waals surface area contributed by atoms with E-state index in [0.29, 0.717) is 6.04 Å². The normalized spacial score (nSPS) is 17.6. The van der Waals surface area contributed by atoms with Crippen molar-refractivity contribution < 1.29 is 4.74 Å². The van der Waals surface area contributed by atoms with Crippen molar-refractivity contribution in [3.05, 3.63) is 29.8 Å². The van der Waals surface area contributed by atoms with Gasteiger partial charge in [-0.05, 0) is 62.6 Å². The summed E-state index contributed by atoms with van der Waals surface area (Å²) >= 11 is 2.11. The van der Waals surface area contributed by atoms with Gasteiger partial charge in [-0.2, -0.15) is 11.8 Å². The van der Waals surface area contributed by atoms with Gasteiger partial charge in [-0.25, -0.2) is 0 Å². The van der Waals surface area contributed by atoms with Gasteiger partial charge in [0.25, 0.3) is 0 Å². The molecule has 1 aromatic carbocycles. The van der Waals surface area contributed by atoms with Crippen LogP contribution in [0.3, 0.4) is 0 Å². The molecule has 0 aromatic heterocycles. The Kier molecular flexibility index (Phi) is 7.45. The molecule has 1 saturated heterocycles. The summed E-state index contributed by atoms with van der Waals surface area (Å²) in [5.41, 5.74) is 1.34. The lowest BCUT2D eigenvalue weighted by Crippen LogP contribution is -2.26. The Morgan fingerprint density at radius 3 is 2.71 bits per heavy atom. The van der Waals surface area contributed by atoms with E-state index in [1.807, 2.05) is 0 Å². The molecule has 3 heteroatoms. The summed E-state index contributed by atoms with van der Waals surface area (Å²) in [5, 5.41) is 3.75. The summed E-state index contributed by atoms with van der Waals surface area (Å²) in [6.07, 6.45) is 5.15. The molecule has 0 radical (unpaired) electrons. The molecule has 118 valence electrons. The monoisotopic (exact) mass is 307 g/mol. The summed E-state index contributed by atoms with van der Waals surface area (Å²) in [6.45, 7) is 6.10. The molecular weight excluding hydrogens is 278 g/mol. The summed E-state index contributed by atoms with van der Waals surface area (Å²) in [5.74, 6) is 4.57. The topological polar surface area (TPSA) is 21.3 Å². The molecule has 1 N–H and O–H groups in total. The van der Waals surface area contributed by atoms with Gasteiger partial charge in [0.1, 0.15) is 5.75 Å². The van der Waals surface area contributed by atoms with Crippen LogP contribution in [0.2, 0.25) is 0 Å². The van der Waals surface area contributed by atoms with Gasteiger partial charge in [-0.15, -0.1) is 0 Å². The second-order valence-corrected chi connectivity index (χ2v) is 6.99. The van der Waals surface area contributed by atoms with E-state index in [-0.39, 0.29) is 0 Å². The van der Waals surface area contributed by atoms with E-state index in [2.05, 4.69) is 55.2 Å². The molecule has 1 atom stereocenters. The van der Waals surface area contributed by atoms with E-state index in [1.54, 1.807) is 0 Å². The van der Waals surface area contributed by atoms with E-state index >= 15 is 0 Å². The van der Waals surface area contributed by atoms with Gasteiger partial charge in [0.15, 0.2) is 0 Å². The predicted molar refractivity (Wildman–Crippen MR) is 93.3 cm³/mol. The second kappa shape index (κ2) is 9.37. The van der Waals surface area contributed by atoms with Crippen LogP contribution in [-0.2, 0) is 0 Å². The Labute approximate surface area is 134 Å². The highest BCUT2D eigenvalue weighted by atomic mass is 32.2. The Bertz CT molecular complexity index is 404. The van der Waals surface area contributed by atoms with Gasteiger partial charge in [0, 0.05) is 11.6 Å². The minimum atomic E-state index is 0.431. The molecule has 21 heavy (non-hydrogen) atoms. The fraction of sp³-hybridized carbons (Fsp3) is 0.667. The van der Waals surface area contributed by atoms with Gasteiger partial charge in [-0.1, -0.05) is 25.1 Å². The summed E-state index contributed by atoms with van der Waals surface area (Å²) in [7, 11) is 0. The lowest BCUT2D eigenvalue weighted by Gasteiger charge is -2.28. The first-order chi connectivity index (χ1) is 10.3. The fourth-order valence-electron chi connectivity index (χ4n) is 3.01. The van der Waals surface area contributed by atoms with Crippen LogP contribution in [0, 0.1) is 5.92 Å². The van der Waals surface area contributed by atoms with Crippen LogP contribution in [0.4, 0.5) is 0 Å². The van der Waals surface area contributed by atoms with Gasteiger partial charge in [0.05, 0.1) is 6.61 Å². The van der Waals surface area contributed by atoms with E-state index < -0.39 is 0 Å². The van der Waals surface area contributed by atoms with Crippen LogP contribution in [0.1, 0.15) is 51.1 Å². The third-order valence-electron chi connectivity index (χ3n) is 4.14. The van der Waals surface area contributed by atoms with Gasteiger partial charge >= 0.3 is 0 Å². The molecule has 2 rings (SSSR count). The zero-order valence-corrected chi connectivity index (χ0v) is 14.3. The fourth-order valence-corrected chi connectivity index (χ4v) is 4.21. The zero-order chi connectivity index (χ0) is 14.9. The average Bonchev–Trinajstić information content (AvgIpc) is 2.53. The Hall–Kier alpha value is -0.670. The molecule has 0 spiro atoms. The Morgan fingerprint density at radius 1 is 1.24 bits per heavy atom. The molecule has 2 nitrogen and oxygen atoms in total. The van der Waals surface area contributed by atoms with Crippen LogP contribution in [0.25, 0.3) is 0 Å². The van der Waals surface area contributed by atoms with Crippen molar-refractivity contribution in [1.82, 2.24) is 5.32 Å². The predicted octanol–water partition coefficient (Wildman–Crippen LogP) is 4.66. The zero-order valence-electron chi connectivity index (χ0n) is 13.4. The van der Waals surface area contributed by atoms with Gasteiger partial charge in [-0.3, -0.25) is 0 Å². The maximum Gasteiger partial charge on any atom is 0.124 e. The van der Waals surface area contributed by atoms with Crippen molar-refractivity contribution in [2.24, 2.45) is 5.92 Å². The number of hydrogen-bond acceptors (Lipinski definition) is 3. The van der Waals surface area contributed by atoms with Gasteiger partial charge < -0.3 is 10.1 Å². The molecule has 1 fully saturated rings. The maximum atomic E-state index is 5.84. The molecule has 1 aliphatic rings. The summed E-state index contributed by atoms with van der Waals surface area (Å²) in [4.78, 5) is 0. The third kappa shape index (κ3) is 5.23. The van der Waals surface area contributed by atoms with E-state index in [1.165, 1.54) is 42.8 Å². The molecule has 1 aromatic rings. The van der Waals surface area contributed by atoms with Crippen molar-refractivity contribution in [3.8, 4) is 5.75 Å². The minimum Gasteiger partial charge on any atom is -0.494 e. The van der Waals surface area contributed by atoms with Crippen LogP contribution in [-0.4, -0.2) is 24.7 Å². The number of thioether (sulfide) groups is 1. The summed E-state index contributed by atoms with van der Waals surface area (Å²) < 4.78 is 5.84. The van der Waals surface area contributed by atoms with E-state index in [0.717, 1.165) is 24.8 Å². The average molecular weight is 308 g/mol. The highest BCUT2D eigenvalue weighted by Crippen LogP contribution is 2.34. The van der Waals surface area contributed by atoms with E-state index in [9.17, 15) is 0 Å². The van der Waals surface area contributed by atoms with Crippen molar-refractivity contribution in [3.63, 3.8) is 0 Å². The number of para-hydroxylation sites is 1. The SMILES string of the molecule is CCCNC(CC1CCSCC1)c1ccccc1OCC. The van der Waals surface area contributed by atoms with Crippen LogP contribution in [0.15, 0.2) is 24.3 Å². The van der Waals surface area contributed by atoms with Crippen molar-refractivity contribution in [2.45, 2.75) is 45.6 Å². The van der Waals surface area contributed by atoms with Gasteiger partial charge in [0.2, 0.25) is 0 Å². The van der Waals surface area contributed by atoms with Crippen LogP contribution >= 0.6 is 11.8 Å². The number of hydrogen-bond donors (Lipinski definition) is 1. The first-order valence-electron chi connectivity index (χ1n) is 8.38. The molecule has 0 aliphatic carbocycles. The molecule has 1 heterocycles. The molecule has 0 saturated carbocycles. The number of ether oxygens (including phenoxy) is 1. The second-order valence-electron chi connectivity index (χ2n) is 5.77. The lowest BCUT2D eigenvalue weighted by molar-refractivity contribution is 0.319. The molecule has 0 bridgehead atoms. The van der Waals surface area contributed by atoms with Crippen LogP contribution in [0.5, 0.6) is 5.75 Å². The highest BCUT2D eigenvalue weighted by molar-refractivity contribution is 7.99. The Morgan fingerprint density at radius 2 is 2.00 bits per heavy atom. The molecule has 1 unspecified atom stereocenters. The van der Waals surface area contributed by atoms with Crippen LogP contribution < -0.4 is 10.1 Å². The highest BCUT2D eigenvalue weighted by Gasteiger charge is 2.22. The number of nitrogens with one attached hydrogen (secondary N) is 1. The first kappa shape index (κ1) is 16.7. The maximum absolute atomic E-state index is 5.84. The number of benzene rings is 1. The third-order valence-corrected chi connectivity index (χ3v) is 5.19. The van der Waals surface area contributed by atoms with Crippen molar-refractivity contribution >= 4 is 11.8 Å². The molecular formula is C18H29NOS. The standard InChI is InChI=1S/C18H29NOS/c1-3-11-19-17(14-15-9-12-21-13-10-15)16-7-5-6-8-18(16)20-4-2/h5-8,15,17,19H,3-4,9-14H2,1-2H3. The lowest BCUT2D eigenvalue weighted by atomic mass is 9.90. The smallest absolute Gasteiger partial charge is 0.124 e. The first-order valence-corrected chi connectivity index (χ1v) is 9.53.